The third-order valence-corrected chi connectivity index (χ3v) is 3.13. The summed E-state index contributed by atoms with van der Waals surface area (Å²) in [5.74, 6) is -0.141. The first kappa shape index (κ1) is 13.4. The van der Waals surface area contributed by atoms with Crippen LogP contribution in [0.15, 0.2) is 30.6 Å². The number of hydrogen-bond acceptors (Lipinski definition) is 3. The van der Waals surface area contributed by atoms with E-state index in [1.54, 1.807) is 18.3 Å². The quantitative estimate of drug-likeness (QED) is 0.934. The monoisotopic (exact) mass is 279 g/mol. The molecule has 0 bridgehead atoms. The van der Waals surface area contributed by atoms with Gasteiger partial charge in [0.25, 0.3) is 0 Å². The number of anilines is 1. The van der Waals surface area contributed by atoms with Crippen LogP contribution in [0.5, 0.6) is 0 Å². The average molecular weight is 280 g/mol. The summed E-state index contributed by atoms with van der Waals surface area (Å²) in [5.41, 5.74) is 0.795. The van der Waals surface area contributed by atoms with Crippen molar-refractivity contribution in [3.05, 3.63) is 47.0 Å². The molecule has 1 heterocycles. The molecule has 6 heteroatoms. The predicted molar refractivity (Wildman–Crippen MR) is 73.7 cm³/mol. The molecule has 0 atom stereocenters. The highest BCUT2D eigenvalue weighted by Gasteiger charge is 2.15. The minimum atomic E-state index is -0.996. The number of halogens is 1. The minimum absolute atomic E-state index is 0.184. The normalized spacial score (nSPS) is 10.5. The van der Waals surface area contributed by atoms with Crippen molar-refractivity contribution in [2.75, 3.05) is 11.9 Å². The van der Waals surface area contributed by atoms with Crippen LogP contribution in [0.25, 0.3) is 0 Å². The van der Waals surface area contributed by atoms with Crippen molar-refractivity contribution in [3.63, 3.8) is 0 Å². The summed E-state index contributed by atoms with van der Waals surface area (Å²) in [5, 5.41) is 9.62. The van der Waals surface area contributed by atoms with Crippen LogP contribution in [0.2, 0.25) is 5.02 Å². The first-order valence-corrected chi connectivity index (χ1v) is 6.07. The van der Waals surface area contributed by atoms with Crippen LogP contribution in [-0.2, 0) is 13.6 Å². The van der Waals surface area contributed by atoms with E-state index in [9.17, 15) is 9.90 Å². The standard InChI is InChI=1S/C13H14ClN3O2/c1-16-6-5-15-12(16)8-17(2)11-4-3-9(14)7-10(11)13(18)19/h3-7H,8H2,1-2H3,(H,18,19). The van der Waals surface area contributed by atoms with E-state index in [1.807, 2.05) is 29.8 Å². The van der Waals surface area contributed by atoms with Crippen LogP contribution in [0.4, 0.5) is 5.69 Å². The predicted octanol–water partition coefficient (Wildman–Crippen LogP) is 2.41. The van der Waals surface area contributed by atoms with Gasteiger partial charge in [0.1, 0.15) is 5.82 Å². The topological polar surface area (TPSA) is 58.4 Å². The second kappa shape index (κ2) is 5.32. The fraction of sp³-hybridized carbons (Fsp3) is 0.231. The SMILES string of the molecule is CN(Cc1nccn1C)c1ccc(Cl)cc1C(=O)O. The number of benzene rings is 1. The molecule has 0 saturated heterocycles. The number of rotatable bonds is 4. The highest BCUT2D eigenvalue weighted by molar-refractivity contribution is 6.31. The average Bonchev–Trinajstić information content (AvgIpc) is 2.74. The fourth-order valence-corrected chi connectivity index (χ4v) is 2.03. The third kappa shape index (κ3) is 2.88. The number of aromatic carboxylic acids is 1. The molecule has 0 aliphatic carbocycles. The van der Waals surface area contributed by atoms with Crippen molar-refractivity contribution in [2.24, 2.45) is 7.05 Å². The van der Waals surface area contributed by atoms with Gasteiger partial charge >= 0.3 is 5.97 Å². The van der Waals surface area contributed by atoms with Crippen LogP contribution in [0, 0.1) is 0 Å². The van der Waals surface area contributed by atoms with Gasteiger partial charge in [0.2, 0.25) is 0 Å². The number of nitrogens with zero attached hydrogens (tertiary/aromatic N) is 3. The fourth-order valence-electron chi connectivity index (χ4n) is 1.86. The molecule has 0 unspecified atom stereocenters. The largest absolute Gasteiger partial charge is 0.478 e. The maximum atomic E-state index is 11.2. The van der Waals surface area contributed by atoms with Crippen molar-refractivity contribution in [2.45, 2.75) is 6.54 Å². The zero-order chi connectivity index (χ0) is 14.0. The first-order valence-electron chi connectivity index (χ1n) is 5.69. The molecule has 2 aromatic rings. The molecule has 1 aromatic heterocycles. The number of carboxylic acid groups (broad SMARTS) is 1. The smallest absolute Gasteiger partial charge is 0.337 e. The molecule has 0 spiro atoms. The lowest BCUT2D eigenvalue weighted by Gasteiger charge is -2.21. The van der Waals surface area contributed by atoms with Crippen LogP contribution >= 0.6 is 11.6 Å². The van der Waals surface area contributed by atoms with E-state index in [4.69, 9.17) is 11.6 Å². The van der Waals surface area contributed by atoms with E-state index in [0.717, 1.165) is 5.82 Å². The molecule has 0 fully saturated rings. The summed E-state index contributed by atoms with van der Waals surface area (Å²) < 4.78 is 1.90. The number of hydrogen-bond donors (Lipinski definition) is 1. The molecular formula is C13H14ClN3O2. The lowest BCUT2D eigenvalue weighted by molar-refractivity contribution is 0.0697. The van der Waals surface area contributed by atoms with E-state index in [1.165, 1.54) is 6.07 Å². The molecule has 0 saturated carbocycles. The van der Waals surface area contributed by atoms with Crippen molar-refractivity contribution < 1.29 is 9.90 Å². The highest BCUT2D eigenvalue weighted by Crippen LogP contribution is 2.24. The zero-order valence-electron chi connectivity index (χ0n) is 10.7. The highest BCUT2D eigenvalue weighted by atomic mass is 35.5. The molecular weight excluding hydrogens is 266 g/mol. The summed E-state index contributed by atoms with van der Waals surface area (Å²) in [6.45, 7) is 0.519. The molecule has 1 N–H and O–H groups in total. The van der Waals surface area contributed by atoms with Crippen molar-refractivity contribution in [1.82, 2.24) is 9.55 Å². The van der Waals surface area contributed by atoms with Crippen molar-refractivity contribution >= 4 is 23.3 Å². The number of carboxylic acids is 1. The first-order chi connectivity index (χ1) is 8.99. The lowest BCUT2D eigenvalue weighted by Crippen LogP contribution is -2.21. The summed E-state index contributed by atoms with van der Waals surface area (Å²) in [6, 6.07) is 4.83. The van der Waals surface area contributed by atoms with Gasteiger partial charge in [-0.1, -0.05) is 11.6 Å². The van der Waals surface area contributed by atoms with Gasteiger partial charge in [-0.25, -0.2) is 9.78 Å². The van der Waals surface area contributed by atoms with Gasteiger partial charge in [-0.2, -0.15) is 0 Å². The van der Waals surface area contributed by atoms with Gasteiger partial charge in [0, 0.05) is 31.5 Å². The molecule has 0 aliphatic rings. The molecule has 0 radical (unpaired) electrons. The Hall–Kier alpha value is -2.01. The summed E-state index contributed by atoms with van der Waals surface area (Å²) in [6.07, 6.45) is 3.56. The van der Waals surface area contributed by atoms with Gasteiger partial charge in [0.05, 0.1) is 17.8 Å². The Morgan fingerprint density at radius 3 is 2.84 bits per heavy atom. The molecule has 100 valence electrons. The van der Waals surface area contributed by atoms with E-state index < -0.39 is 5.97 Å². The second-order valence-corrected chi connectivity index (χ2v) is 4.71. The summed E-state index contributed by atoms with van der Waals surface area (Å²) >= 11 is 5.84. The molecule has 2 rings (SSSR count). The van der Waals surface area contributed by atoms with E-state index >= 15 is 0 Å². The van der Waals surface area contributed by atoms with E-state index in [0.29, 0.717) is 17.3 Å². The third-order valence-electron chi connectivity index (χ3n) is 2.90. The van der Waals surface area contributed by atoms with Crippen LogP contribution in [0.3, 0.4) is 0 Å². The van der Waals surface area contributed by atoms with Gasteiger partial charge in [0.15, 0.2) is 0 Å². The van der Waals surface area contributed by atoms with Gasteiger partial charge in [-0.3, -0.25) is 0 Å². The maximum Gasteiger partial charge on any atom is 0.337 e. The molecule has 19 heavy (non-hydrogen) atoms. The maximum absolute atomic E-state index is 11.2. The zero-order valence-corrected chi connectivity index (χ0v) is 11.4. The Kier molecular flexibility index (Phi) is 3.76. The number of aryl methyl sites for hydroxylation is 1. The Morgan fingerprint density at radius 1 is 1.53 bits per heavy atom. The molecule has 0 amide bonds. The van der Waals surface area contributed by atoms with Crippen LogP contribution in [0.1, 0.15) is 16.2 Å². The van der Waals surface area contributed by atoms with Gasteiger partial charge in [-0.15, -0.1) is 0 Å². The Morgan fingerprint density at radius 2 is 2.26 bits per heavy atom. The minimum Gasteiger partial charge on any atom is -0.478 e. The Bertz CT molecular complexity index is 610. The molecule has 1 aromatic carbocycles. The number of aromatic nitrogens is 2. The Balaban J connectivity index is 2.31. The van der Waals surface area contributed by atoms with E-state index in [2.05, 4.69) is 4.98 Å². The lowest BCUT2D eigenvalue weighted by atomic mass is 10.1. The van der Waals surface area contributed by atoms with Crippen molar-refractivity contribution in [1.29, 1.82) is 0 Å². The molecule has 5 nitrogen and oxygen atoms in total. The summed E-state index contributed by atoms with van der Waals surface area (Å²) in [7, 11) is 3.72. The van der Waals surface area contributed by atoms with E-state index in [-0.39, 0.29) is 5.56 Å². The van der Waals surface area contributed by atoms with Gasteiger partial charge in [-0.05, 0) is 18.2 Å². The second-order valence-electron chi connectivity index (χ2n) is 4.28. The van der Waals surface area contributed by atoms with Crippen LogP contribution in [-0.4, -0.2) is 27.7 Å². The Labute approximate surface area is 116 Å². The van der Waals surface area contributed by atoms with Gasteiger partial charge < -0.3 is 14.6 Å². The molecule has 0 aliphatic heterocycles. The summed E-state index contributed by atoms with van der Waals surface area (Å²) in [4.78, 5) is 17.3. The van der Waals surface area contributed by atoms with Crippen LogP contribution < -0.4 is 4.90 Å². The number of carbonyl (C=O) groups is 1. The number of imidazole rings is 1. The van der Waals surface area contributed by atoms with Crippen molar-refractivity contribution in [3.8, 4) is 0 Å².